The second kappa shape index (κ2) is 6.06. The van der Waals surface area contributed by atoms with Gasteiger partial charge in [-0.1, -0.05) is 6.08 Å². The van der Waals surface area contributed by atoms with Crippen molar-refractivity contribution in [3.63, 3.8) is 0 Å². The highest BCUT2D eigenvalue weighted by atomic mass is 19.1. The van der Waals surface area contributed by atoms with Gasteiger partial charge >= 0.3 is 11.8 Å². The Morgan fingerprint density at radius 1 is 1.32 bits per heavy atom. The van der Waals surface area contributed by atoms with Crippen LogP contribution in [-0.2, 0) is 11.8 Å². The number of aromatic amines is 1. The molecule has 2 aromatic rings. The lowest BCUT2D eigenvalue weighted by Crippen LogP contribution is -2.39. The van der Waals surface area contributed by atoms with Crippen molar-refractivity contribution in [1.82, 2.24) is 14.5 Å². The van der Waals surface area contributed by atoms with E-state index in [0.29, 0.717) is 36.1 Å². The summed E-state index contributed by atoms with van der Waals surface area (Å²) in [5.41, 5.74) is 1.51. The first-order valence-electron chi connectivity index (χ1n) is 8.22. The number of ether oxygens (including phenoxy) is 1. The predicted octanol–water partition coefficient (Wildman–Crippen LogP) is 3.03. The zero-order chi connectivity index (χ0) is 18.4. The van der Waals surface area contributed by atoms with Crippen LogP contribution in [0.3, 0.4) is 0 Å². The summed E-state index contributed by atoms with van der Waals surface area (Å²) in [6.07, 6.45) is 1.94. The molecule has 0 atom stereocenters. The summed E-state index contributed by atoms with van der Waals surface area (Å²) in [5.74, 6) is -0.376. The normalized spacial score (nSPS) is 15.4. The average Bonchev–Trinajstić information content (AvgIpc) is 2.81. The van der Waals surface area contributed by atoms with Crippen LogP contribution < -0.4 is 5.69 Å². The lowest BCUT2D eigenvalue weighted by molar-refractivity contribution is 0.0270. The van der Waals surface area contributed by atoms with Crippen LogP contribution in [0.15, 0.2) is 23.0 Å². The largest absolute Gasteiger partial charge is 0.444 e. The van der Waals surface area contributed by atoms with Gasteiger partial charge in [-0.15, -0.1) is 0 Å². The number of fused-ring (bicyclic) bond motifs is 1. The van der Waals surface area contributed by atoms with E-state index in [1.165, 1.54) is 10.6 Å². The first kappa shape index (κ1) is 17.3. The highest BCUT2D eigenvalue weighted by Gasteiger charge is 2.25. The van der Waals surface area contributed by atoms with Crippen molar-refractivity contribution in [1.29, 1.82) is 0 Å². The number of carbonyl (C=O) groups is 1. The minimum atomic E-state index is -0.553. The van der Waals surface area contributed by atoms with Gasteiger partial charge in [0.05, 0.1) is 11.0 Å². The highest BCUT2D eigenvalue weighted by molar-refractivity contribution is 5.90. The molecule has 0 spiro atoms. The van der Waals surface area contributed by atoms with Crippen LogP contribution in [0.4, 0.5) is 9.18 Å². The molecule has 0 unspecified atom stereocenters. The second-order valence-corrected chi connectivity index (χ2v) is 7.21. The topological polar surface area (TPSA) is 67.3 Å². The Hall–Kier alpha value is -2.57. The van der Waals surface area contributed by atoms with Crippen LogP contribution in [0.1, 0.15) is 32.8 Å². The van der Waals surface area contributed by atoms with Gasteiger partial charge in [-0.3, -0.25) is 4.57 Å². The van der Waals surface area contributed by atoms with E-state index in [2.05, 4.69) is 4.98 Å². The fourth-order valence-corrected chi connectivity index (χ4v) is 3.01. The van der Waals surface area contributed by atoms with Crippen molar-refractivity contribution in [2.45, 2.75) is 32.8 Å². The van der Waals surface area contributed by atoms with Gasteiger partial charge in [0.1, 0.15) is 11.4 Å². The Balaban J connectivity index is 1.92. The molecule has 1 aliphatic rings. The van der Waals surface area contributed by atoms with Crippen molar-refractivity contribution >= 4 is 22.7 Å². The van der Waals surface area contributed by atoms with Gasteiger partial charge in [0.2, 0.25) is 0 Å². The number of imidazole rings is 1. The minimum Gasteiger partial charge on any atom is -0.444 e. The van der Waals surface area contributed by atoms with Gasteiger partial charge in [-0.2, -0.15) is 0 Å². The molecule has 1 aliphatic heterocycles. The first-order valence-corrected chi connectivity index (χ1v) is 8.22. The van der Waals surface area contributed by atoms with Crippen molar-refractivity contribution in [2.75, 3.05) is 13.1 Å². The van der Waals surface area contributed by atoms with Crippen LogP contribution in [0.5, 0.6) is 0 Å². The van der Waals surface area contributed by atoms with E-state index in [9.17, 15) is 14.0 Å². The fraction of sp³-hybridized carbons (Fsp3) is 0.444. The number of halogens is 1. The summed E-state index contributed by atoms with van der Waals surface area (Å²) in [6.45, 7) is 6.24. The molecule has 3 rings (SSSR count). The number of rotatable bonds is 1. The molecule has 0 radical (unpaired) electrons. The van der Waals surface area contributed by atoms with Crippen molar-refractivity contribution < 1.29 is 13.9 Å². The quantitative estimate of drug-likeness (QED) is 0.862. The zero-order valence-corrected chi connectivity index (χ0v) is 14.9. The third-order valence-corrected chi connectivity index (χ3v) is 4.19. The number of amides is 1. The van der Waals surface area contributed by atoms with Crippen LogP contribution in [0, 0.1) is 5.82 Å². The van der Waals surface area contributed by atoms with Crippen LogP contribution >= 0.6 is 0 Å². The lowest BCUT2D eigenvalue weighted by Gasteiger charge is -2.29. The molecular weight excluding hydrogens is 325 g/mol. The van der Waals surface area contributed by atoms with Crippen molar-refractivity contribution in [3.05, 3.63) is 40.1 Å². The molecule has 2 heterocycles. The predicted molar refractivity (Wildman–Crippen MR) is 93.9 cm³/mol. The van der Waals surface area contributed by atoms with E-state index in [1.807, 2.05) is 26.8 Å². The maximum absolute atomic E-state index is 14.5. The third kappa shape index (κ3) is 3.31. The van der Waals surface area contributed by atoms with E-state index in [1.54, 1.807) is 18.0 Å². The standard InChI is InChI=1S/C18H22FN3O3/c1-18(2,3)25-17(24)22-9-7-11(8-10-22)14-12(19)5-6-13-15(14)21(4)16(23)20-13/h5-7H,8-10H2,1-4H3,(H,20,23). The molecule has 0 saturated carbocycles. The number of H-pyrrole nitrogens is 1. The molecule has 0 fully saturated rings. The van der Waals surface area contributed by atoms with Gasteiger partial charge in [0.25, 0.3) is 0 Å². The zero-order valence-electron chi connectivity index (χ0n) is 14.9. The summed E-state index contributed by atoms with van der Waals surface area (Å²) in [5, 5.41) is 0. The van der Waals surface area contributed by atoms with E-state index < -0.39 is 5.60 Å². The number of aromatic nitrogens is 2. The molecule has 1 amide bonds. The molecule has 0 aliphatic carbocycles. The lowest BCUT2D eigenvalue weighted by atomic mass is 9.97. The molecule has 7 heteroatoms. The van der Waals surface area contributed by atoms with Gasteiger partial charge in [-0.25, -0.2) is 14.0 Å². The second-order valence-electron chi connectivity index (χ2n) is 7.21. The number of hydrogen-bond donors (Lipinski definition) is 1. The average molecular weight is 347 g/mol. The summed E-state index contributed by atoms with van der Waals surface area (Å²) in [7, 11) is 1.61. The molecule has 1 aromatic carbocycles. The Labute approximate surface area is 144 Å². The number of hydrogen-bond acceptors (Lipinski definition) is 3. The molecular formula is C18H22FN3O3. The van der Waals surface area contributed by atoms with Gasteiger partial charge in [0.15, 0.2) is 0 Å². The first-order chi connectivity index (χ1) is 11.7. The van der Waals surface area contributed by atoms with Gasteiger partial charge in [0, 0.05) is 25.7 Å². The minimum absolute atomic E-state index is 0.284. The summed E-state index contributed by atoms with van der Waals surface area (Å²) >= 11 is 0. The maximum Gasteiger partial charge on any atom is 0.410 e. The van der Waals surface area contributed by atoms with Gasteiger partial charge < -0.3 is 14.6 Å². The fourth-order valence-electron chi connectivity index (χ4n) is 3.01. The SMILES string of the molecule is Cn1c(=O)[nH]c2ccc(F)c(C3=CCN(C(=O)OC(C)(C)C)CC3)c21. The molecule has 1 N–H and O–H groups in total. The highest BCUT2D eigenvalue weighted by Crippen LogP contribution is 2.30. The van der Waals surface area contributed by atoms with Crippen molar-refractivity contribution in [3.8, 4) is 0 Å². The number of nitrogens with one attached hydrogen (secondary N) is 1. The number of nitrogens with zero attached hydrogens (tertiary/aromatic N) is 2. The molecule has 0 saturated heterocycles. The van der Waals surface area contributed by atoms with E-state index in [0.717, 1.165) is 5.57 Å². The van der Waals surface area contributed by atoms with Crippen molar-refractivity contribution in [2.24, 2.45) is 7.05 Å². The number of carbonyl (C=O) groups excluding carboxylic acids is 1. The van der Waals surface area contributed by atoms with E-state index in [4.69, 9.17) is 4.74 Å². The molecule has 134 valence electrons. The number of benzene rings is 1. The van der Waals surface area contributed by atoms with E-state index >= 15 is 0 Å². The number of aryl methyl sites for hydroxylation is 1. The third-order valence-electron chi connectivity index (χ3n) is 4.19. The summed E-state index contributed by atoms with van der Waals surface area (Å²) < 4.78 is 21.3. The Morgan fingerprint density at radius 3 is 2.64 bits per heavy atom. The molecule has 0 bridgehead atoms. The maximum atomic E-state index is 14.5. The smallest absolute Gasteiger partial charge is 0.410 e. The van der Waals surface area contributed by atoms with Crippen LogP contribution in [0.25, 0.3) is 16.6 Å². The summed E-state index contributed by atoms with van der Waals surface area (Å²) in [6, 6.07) is 2.92. The Bertz CT molecular complexity index is 918. The molecule has 6 nitrogen and oxygen atoms in total. The van der Waals surface area contributed by atoms with E-state index in [-0.39, 0.29) is 17.6 Å². The Morgan fingerprint density at radius 2 is 2.04 bits per heavy atom. The molecule has 1 aromatic heterocycles. The van der Waals surface area contributed by atoms with Gasteiger partial charge in [-0.05, 0) is 44.9 Å². The Kier molecular flexibility index (Phi) is 4.18. The monoisotopic (exact) mass is 347 g/mol. The molecule has 25 heavy (non-hydrogen) atoms. The van der Waals surface area contributed by atoms with Crippen LogP contribution in [0.2, 0.25) is 0 Å². The van der Waals surface area contributed by atoms with Crippen LogP contribution in [-0.4, -0.2) is 39.2 Å². The summed E-state index contributed by atoms with van der Waals surface area (Å²) in [4.78, 5) is 28.3.